The predicted molar refractivity (Wildman–Crippen MR) is 145 cm³/mol. The van der Waals surface area contributed by atoms with Crippen LogP contribution < -0.4 is 5.32 Å². The molecule has 0 saturated heterocycles. The van der Waals surface area contributed by atoms with Crippen LogP contribution in [0.2, 0.25) is 10.0 Å². The Morgan fingerprint density at radius 2 is 1.67 bits per heavy atom. The third kappa shape index (κ3) is 6.33. The fraction of sp³-hybridized carbons (Fsp3) is 0.179. The highest BCUT2D eigenvalue weighted by Crippen LogP contribution is 2.26. The third-order valence-electron chi connectivity index (χ3n) is 5.41. The zero-order valence-corrected chi connectivity index (χ0v) is 21.5. The molecule has 0 saturated carbocycles. The number of halogens is 2. The van der Waals surface area contributed by atoms with Crippen LogP contribution in [0.5, 0.6) is 0 Å². The normalized spacial score (nSPS) is 10.9. The number of hydrogen-bond donors (Lipinski definition) is 1. The van der Waals surface area contributed by atoms with Gasteiger partial charge in [-0.05, 0) is 48.4 Å². The Balaban J connectivity index is 1.62. The van der Waals surface area contributed by atoms with Crippen LogP contribution in [-0.2, 0) is 4.79 Å². The second-order valence-electron chi connectivity index (χ2n) is 8.80. The van der Waals surface area contributed by atoms with Crippen molar-refractivity contribution in [2.75, 3.05) is 18.4 Å². The van der Waals surface area contributed by atoms with Gasteiger partial charge in [0.05, 0.1) is 5.69 Å². The van der Waals surface area contributed by atoms with E-state index >= 15 is 0 Å². The van der Waals surface area contributed by atoms with Gasteiger partial charge in [0.25, 0.3) is 5.91 Å². The molecule has 0 unspecified atom stereocenters. The molecule has 4 rings (SSSR count). The first-order valence-corrected chi connectivity index (χ1v) is 12.3. The molecular weight excluding hydrogens is 495 g/mol. The van der Waals surface area contributed by atoms with Gasteiger partial charge in [0.2, 0.25) is 11.9 Å². The maximum atomic E-state index is 13.2. The Kier molecular flexibility index (Phi) is 8.08. The van der Waals surface area contributed by atoms with Crippen LogP contribution in [-0.4, -0.2) is 39.4 Å². The number of anilines is 1. The Morgan fingerprint density at radius 1 is 0.944 bits per heavy atom. The average Bonchev–Trinajstić information content (AvgIpc) is 3.27. The van der Waals surface area contributed by atoms with Crippen LogP contribution in [0.4, 0.5) is 5.95 Å². The standard InChI is InChI=1S/C28H26Cl2N4O2/c1-19(2)16-33(27(36)21-7-4-3-5-8-21)18-26(35)32-28-31-25(20-11-13-22(29)14-12-20)17-34(28)24-10-6-9-23(30)15-24/h3-15,17,19H,16,18H2,1-2H3,(H,31,32,35). The van der Waals surface area contributed by atoms with Gasteiger partial charge in [-0.15, -0.1) is 0 Å². The van der Waals surface area contributed by atoms with Gasteiger partial charge in [0.15, 0.2) is 0 Å². The first kappa shape index (κ1) is 25.5. The summed E-state index contributed by atoms with van der Waals surface area (Å²) in [7, 11) is 0. The lowest BCUT2D eigenvalue weighted by molar-refractivity contribution is -0.117. The quantitative estimate of drug-likeness (QED) is 0.285. The van der Waals surface area contributed by atoms with Gasteiger partial charge in [-0.1, -0.05) is 73.4 Å². The van der Waals surface area contributed by atoms with Crippen LogP contribution in [0.3, 0.4) is 0 Å². The van der Waals surface area contributed by atoms with Crippen molar-refractivity contribution >= 4 is 41.0 Å². The first-order chi connectivity index (χ1) is 17.3. The number of imidazole rings is 1. The van der Waals surface area contributed by atoms with Crippen molar-refractivity contribution < 1.29 is 9.59 Å². The van der Waals surface area contributed by atoms with E-state index in [0.717, 1.165) is 11.3 Å². The minimum absolute atomic E-state index is 0.107. The van der Waals surface area contributed by atoms with Crippen molar-refractivity contribution in [3.63, 3.8) is 0 Å². The van der Waals surface area contributed by atoms with Gasteiger partial charge >= 0.3 is 0 Å². The predicted octanol–water partition coefficient (Wildman–Crippen LogP) is 6.58. The van der Waals surface area contributed by atoms with Crippen molar-refractivity contribution in [1.29, 1.82) is 0 Å². The van der Waals surface area contributed by atoms with E-state index in [4.69, 9.17) is 23.2 Å². The van der Waals surface area contributed by atoms with Crippen LogP contribution in [0.15, 0.2) is 85.1 Å². The van der Waals surface area contributed by atoms with E-state index in [-0.39, 0.29) is 24.3 Å². The van der Waals surface area contributed by atoms with E-state index in [9.17, 15) is 9.59 Å². The van der Waals surface area contributed by atoms with Crippen molar-refractivity contribution in [3.8, 4) is 16.9 Å². The number of carbonyl (C=O) groups is 2. The Bertz CT molecular complexity index is 1350. The summed E-state index contributed by atoms with van der Waals surface area (Å²) in [6.07, 6.45) is 1.82. The SMILES string of the molecule is CC(C)CN(CC(=O)Nc1nc(-c2ccc(Cl)cc2)cn1-c1cccc(Cl)c1)C(=O)c1ccccc1. The van der Waals surface area contributed by atoms with Crippen molar-refractivity contribution in [1.82, 2.24) is 14.5 Å². The molecule has 36 heavy (non-hydrogen) atoms. The van der Waals surface area contributed by atoms with E-state index in [2.05, 4.69) is 10.3 Å². The lowest BCUT2D eigenvalue weighted by Gasteiger charge is -2.24. The second-order valence-corrected chi connectivity index (χ2v) is 9.67. The van der Waals surface area contributed by atoms with Gasteiger partial charge < -0.3 is 4.90 Å². The van der Waals surface area contributed by atoms with Crippen molar-refractivity contribution in [2.45, 2.75) is 13.8 Å². The summed E-state index contributed by atoms with van der Waals surface area (Å²) in [5.41, 5.74) is 2.78. The average molecular weight is 521 g/mol. The fourth-order valence-corrected chi connectivity index (χ4v) is 4.12. The topological polar surface area (TPSA) is 67.2 Å². The molecule has 1 heterocycles. The molecule has 1 N–H and O–H groups in total. The number of aromatic nitrogens is 2. The largest absolute Gasteiger partial charge is 0.329 e. The highest BCUT2D eigenvalue weighted by Gasteiger charge is 2.21. The molecular formula is C28H26Cl2N4O2. The maximum Gasteiger partial charge on any atom is 0.254 e. The lowest BCUT2D eigenvalue weighted by atomic mass is 10.1. The molecule has 8 heteroatoms. The summed E-state index contributed by atoms with van der Waals surface area (Å²) in [5, 5.41) is 4.07. The number of nitrogens with zero attached hydrogens (tertiary/aromatic N) is 3. The Labute approximate surface area is 220 Å². The van der Waals surface area contributed by atoms with E-state index in [1.807, 2.05) is 50.4 Å². The monoisotopic (exact) mass is 520 g/mol. The summed E-state index contributed by atoms with van der Waals surface area (Å²) < 4.78 is 1.76. The van der Waals surface area contributed by atoms with Gasteiger partial charge in [0.1, 0.15) is 6.54 Å². The number of hydrogen-bond acceptors (Lipinski definition) is 3. The fourth-order valence-electron chi connectivity index (χ4n) is 3.81. The summed E-state index contributed by atoms with van der Waals surface area (Å²) in [6, 6.07) is 23.5. The van der Waals surface area contributed by atoms with Gasteiger partial charge in [-0.2, -0.15) is 0 Å². The second kappa shape index (κ2) is 11.4. The smallest absolute Gasteiger partial charge is 0.254 e. The molecule has 0 bridgehead atoms. The van der Waals surface area contributed by atoms with Crippen molar-refractivity contribution in [2.24, 2.45) is 5.92 Å². The highest BCUT2D eigenvalue weighted by molar-refractivity contribution is 6.31. The van der Waals surface area contributed by atoms with Crippen LogP contribution in [0, 0.1) is 5.92 Å². The van der Waals surface area contributed by atoms with Crippen LogP contribution in [0.25, 0.3) is 16.9 Å². The first-order valence-electron chi connectivity index (χ1n) is 11.6. The number of rotatable bonds is 8. The van der Waals surface area contributed by atoms with Crippen molar-refractivity contribution in [3.05, 3.63) is 101 Å². The number of amides is 2. The molecule has 2 amide bonds. The Morgan fingerprint density at radius 3 is 2.33 bits per heavy atom. The maximum absolute atomic E-state index is 13.2. The van der Waals surface area contributed by atoms with Crippen LogP contribution in [0.1, 0.15) is 24.2 Å². The summed E-state index contributed by atoms with van der Waals surface area (Å²) >= 11 is 12.3. The summed E-state index contributed by atoms with van der Waals surface area (Å²) in [5.74, 6) is -0.0322. The molecule has 0 fully saturated rings. The minimum Gasteiger partial charge on any atom is -0.329 e. The molecule has 1 aromatic heterocycles. The molecule has 6 nitrogen and oxygen atoms in total. The molecule has 184 valence electrons. The third-order valence-corrected chi connectivity index (χ3v) is 5.90. The lowest BCUT2D eigenvalue weighted by Crippen LogP contribution is -2.40. The van der Waals surface area contributed by atoms with E-state index in [1.165, 1.54) is 0 Å². The molecule has 0 spiro atoms. The molecule has 0 atom stereocenters. The zero-order chi connectivity index (χ0) is 25.7. The van der Waals surface area contributed by atoms with Crippen LogP contribution >= 0.6 is 23.2 Å². The minimum atomic E-state index is -0.350. The summed E-state index contributed by atoms with van der Waals surface area (Å²) in [4.78, 5) is 32.5. The van der Waals surface area contributed by atoms with E-state index in [0.29, 0.717) is 33.8 Å². The Hall–Kier alpha value is -3.61. The molecule has 0 aliphatic carbocycles. The molecule has 4 aromatic rings. The van der Waals surface area contributed by atoms with Gasteiger partial charge in [-0.3, -0.25) is 19.5 Å². The summed E-state index contributed by atoms with van der Waals surface area (Å²) in [6.45, 7) is 4.35. The highest BCUT2D eigenvalue weighted by atomic mass is 35.5. The molecule has 0 radical (unpaired) electrons. The molecule has 3 aromatic carbocycles. The molecule has 0 aliphatic heterocycles. The van der Waals surface area contributed by atoms with Gasteiger partial charge in [0, 0.05) is 39.6 Å². The number of benzene rings is 3. The zero-order valence-electron chi connectivity index (χ0n) is 20.0. The van der Waals surface area contributed by atoms with Gasteiger partial charge in [-0.25, -0.2) is 4.98 Å². The molecule has 0 aliphatic rings. The van der Waals surface area contributed by atoms with E-state index < -0.39 is 0 Å². The van der Waals surface area contributed by atoms with E-state index in [1.54, 1.807) is 58.0 Å². The number of nitrogens with one attached hydrogen (secondary N) is 1. The number of carbonyl (C=O) groups excluding carboxylic acids is 2.